The molecule has 0 atom stereocenters. The molecule has 1 aliphatic heterocycles. The van der Waals surface area contributed by atoms with Crippen molar-refractivity contribution in [3.63, 3.8) is 0 Å². The first-order chi connectivity index (χ1) is 13.7. The maximum atomic E-state index is 12.8. The van der Waals surface area contributed by atoms with Crippen molar-refractivity contribution in [3.8, 4) is 0 Å². The lowest BCUT2D eigenvalue weighted by Crippen LogP contribution is -2.40. The van der Waals surface area contributed by atoms with Crippen molar-refractivity contribution in [2.75, 3.05) is 31.6 Å². The third-order valence-electron chi connectivity index (χ3n) is 4.45. The Kier molecular flexibility index (Phi) is 6.18. The highest BCUT2D eigenvalue weighted by molar-refractivity contribution is 7.89. The molecule has 0 bridgehead atoms. The normalized spacial score (nSPS) is 15.1. The molecule has 1 amide bonds. The van der Waals surface area contributed by atoms with Crippen LogP contribution in [-0.4, -0.2) is 49.9 Å². The summed E-state index contributed by atoms with van der Waals surface area (Å²) in [7, 11) is -3.76. The molecule has 2 aromatic carbocycles. The van der Waals surface area contributed by atoms with Crippen LogP contribution in [-0.2, 0) is 14.8 Å². The summed E-state index contributed by atoms with van der Waals surface area (Å²) in [6.45, 7) is 2.65. The van der Waals surface area contributed by atoms with Crippen LogP contribution in [0.2, 0.25) is 5.02 Å². The number of benzene rings is 2. The largest absolute Gasteiger partial charge is 0.379 e. The van der Waals surface area contributed by atoms with E-state index in [0.717, 1.165) is 0 Å². The summed E-state index contributed by atoms with van der Waals surface area (Å²) in [6.07, 6.45) is 0. The number of carbonyl (C=O) groups excluding carboxylic acids is 1. The summed E-state index contributed by atoms with van der Waals surface area (Å²) in [5, 5.41) is 13.7. The van der Waals surface area contributed by atoms with E-state index in [0.29, 0.717) is 18.8 Å². The van der Waals surface area contributed by atoms with Gasteiger partial charge in [-0.3, -0.25) is 14.9 Å². The number of hydrogen-bond acceptors (Lipinski definition) is 6. The summed E-state index contributed by atoms with van der Waals surface area (Å²) in [6, 6.07) is 8.01. The van der Waals surface area contributed by atoms with E-state index < -0.39 is 20.9 Å². The number of morpholine rings is 1. The zero-order valence-corrected chi connectivity index (χ0v) is 17.0. The number of hydrogen-bond donors (Lipinski definition) is 1. The number of aryl methyl sites for hydroxylation is 1. The average molecular weight is 440 g/mol. The van der Waals surface area contributed by atoms with Gasteiger partial charge in [-0.2, -0.15) is 4.31 Å². The summed E-state index contributed by atoms with van der Waals surface area (Å²) >= 11 is 6.13. The van der Waals surface area contributed by atoms with E-state index in [1.54, 1.807) is 0 Å². The van der Waals surface area contributed by atoms with Gasteiger partial charge < -0.3 is 10.1 Å². The smallest absolute Gasteiger partial charge is 0.272 e. The molecule has 0 aromatic heterocycles. The molecule has 0 unspecified atom stereocenters. The molecule has 2 aromatic rings. The molecular weight excluding hydrogens is 422 g/mol. The van der Waals surface area contributed by atoms with Crippen LogP contribution >= 0.6 is 11.6 Å². The lowest BCUT2D eigenvalue weighted by Gasteiger charge is -2.26. The Bertz CT molecular complexity index is 1070. The Hall–Kier alpha value is -2.53. The van der Waals surface area contributed by atoms with Gasteiger partial charge in [-0.1, -0.05) is 11.6 Å². The molecule has 1 aliphatic rings. The first-order valence-corrected chi connectivity index (χ1v) is 10.5. The van der Waals surface area contributed by atoms with Gasteiger partial charge in [0.25, 0.3) is 11.6 Å². The van der Waals surface area contributed by atoms with Crippen LogP contribution in [0, 0.1) is 17.0 Å². The van der Waals surface area contributed by atoms with Gasteiger partial charge in [0.05, 0.1) is 33.7 Å². The second-order valence-electron chi connectivity index (χ2n) is 6.37. The third kappa shape index (κ3) is 4.56. The molecule has 3 rings (SSSR count). The molecule has 9 nitrogen and oxygen atoms in total. The number of rotatable bonds is 5. The van der Waals surface area contributed by atoms with Gasteiger partial charge in [-0.25, -0.2) is 8.42 Å². The van der Waals surface area contributed by atoms with E-state index in [1.165, 1.54) is 47.6 Å². The minimum atomic E-state index is -3.76. The fourth-order valence-corrected chi connectivity index (χ4v) is 4.49. The van der Waals surface area contributed by atoms with E-state index >= 15 is 0 Å². The zero-order valence-electron chi connectivity index (χ0n) is 15.4. The number of halogens is 1. The van der Waals surface area contributed by atoms with E-state index in [-0.39, 0.29) is 39.9 Å². The lowest BCUT2D eigenvalue weighted by atomic mass is 10.1. The second kappa shape index (κ2) is 8.46. The number of amides is 1. The van der Waals surface area contributed by atoms with Gasteiger partial charge >= 0.3 is 0 Å². The molecule has 154 valence electrons. The van der Waals surface area contributed by atoms with E-state index in [2.05, 4.69) is 5.32 Å². The fraction of sp³-hybridized carbons (Fsp3) is 0.278. The molecular formula is C18H18ClN3O6S. The highest BCUT2D eigenvalue weighted by Gasteiger charge is 2.27. The topological polar surface area (TPSA) is 119 Å². The maximum absolute atomic E-state index is 12.8. The minimum Gasteiger partial charge on any atom is -0.379 e. The highest BCUT2D eigenvalue weighted by Crippen LogP contribution is 2.28. The molecule has 0 radical (unpaired) electrons. The van der Waals surface area contributed by atoms with Gasteiger partial charge in [-0.15, -0.1) is 0 Å². The van der Waals surface area contributed by atoms with Crippen molar-refractivity contribution >= 4 is 38.9 Å². The van der Waals surface area contributed by atoms with Crippen molar-refractivity contribution in [2.45, 2.75) is 11.8 Å². The Morgan fingerprint density at radius 2 is 1.90 bits per heavy atom. The Morgan fingerprint density at radius 1 is 1.21 bits per heavy atom. The van der Waals surface area contributed by atoms with Crippen LogP contribution in [0.15, 0.2) is 41.3 Å². The highest BCUT2D eigenvalue weighted by atomic mass is 35.5. The van der Waals surface area contributed by atoms with Crippen LogP contribution in [0.5, 0.6) is 0 Å². The first kappa shape index (κ1) is 21.2. The number of nitrogens with one attached hydrogen (secondary N) is 1. The molecule has 1 fully saturated rings. The van der Waals surface area contributed by atoms with Gasteiger partial charge in [-0.05, 0) is 37.3 Å². The number of sulfonamides is 1. The van der Waals surface area contributed by atoms with E-state index in [9.17, 15) is 23.3 Å². The molecule has 1 saturated heterocycles. The molecule has 0 aliphatic carbocycles. The predicted octanol–water partition coefficient (Wildman–Crippen LogP) is 2.83. The average Bonchev–Trinajstić information content (AvgIpc) is 2.69. The van der Waals surface area contributed by atoms with Crippen molar-refractivity contribution in [2.24, 2.45) is 0 Å². The minimum absolute atomic E-state index is 0.000944. The summed E-state index contributed by atoms with van der Waals surface area (Å²) < 4.78 is 32.1. The second-order valence-corrected chi connectivity index (χ2v) is 8.72. The van der Waals surface area contributed by atoms with Crippen LogP contribution in [0.4, 0.5) is 11.4 Å². The third-order valence-corrected chi connectivity index (χ3v) is 6.67. The number of nitro benzene ring substituents is 1. The van der Waals surface area contributed by atoms with Gasteiger partial charge in [0.2, 0.25) is 10.0 Å². The quantitative estimate of drug-likeness (QED) is 0.565. The van der Waals surface area contributed by atoms with Gasteiger partial charge in [0, 0.05) is 30.3 Å². The number of nitro groups is 1. The van der Waals surface area contributed by atoms with Crippen LogP contribution in [0.25, 0.3) is 0 Å². The Morgan fingerprint density at radius 3 is 2.52 bits per heavy atom. The van der Waals surface area contributed by atoms with Gasteiger partial charge in [0.15, 0.2) is 0 Å². The SMILES string of the molecule is Cc1cc(C(=O)Nc2cc(S(=O)(=O)N3CCOCC3)ccc2Cl)ccc1[N+](=O)[O-]. The van der Waals surface area contributed by atoms with Crippen LogP contribution in [0.3, 0.4) is 0 Å². The van der Waals surface area contributed by atoms with Crippen molar-refractivity contribution in [1.29, 1.82) is 0 Å². The molecule has 29 heavy (non-hydrogen) atoms. The summed E-state index contributed by atoms with van der Waals surface area (Å²) in [4.78, 5) is 22.9. The van der Waals surface area contributed by atoms with E-state index in [1.807, 2.05) is 0 Å². The number of nitrogens with zero attached hydrogens (tertiary/aromatic N) is 2. The van der Waals surface area contributed by atoms with Crippen LogP contribution < -0.4 is 5.32 Å². The fourth-order valence-electron chi connectivity index (χ4n) is 2.89. The summed E-state index contributed by atoms with van der Waals surface area (Å²) in [5.74, 6) is -0.564. The zero-order chi connectivity index (χ0) is 21.2. The molecule has 0 spiro atoms. The first-order valence-electron chi connectivity index (χ1n) is 8.64. The van der Waals surface area contributed by atoms with Crippen molar-refractivity contribution < 1.29 is 22.9 Å². The number of anilines is 1. The lowest BCUT2D eigenvalue weighted by molar-refractivity contribution is -0.385. The Labute approximate surface area is 172 Å². The molecule has 1 N–H and O–H groups in total. The van der Waals surface area contributed by atoms with E-state index in [4.69, 9.17) is 16.3 Å². The molecule has 0 saturated carbocycles. The monoisotopic (exact) mass is 439 g/mol. The summed E-state index contributed by atoms with van der Waals surface area (Å²) in [5.41, 5.74) is 0.545. The van der Waals surface area contributed by atoms with Crippen molar-refractivity contribution in [3.05, 3.63) is 62.7 Å². The Balaban J connectivity index is 1.86. The van der Waals surface area contributed by atoms with Crippen molar-refractivity contribution in [1.82, 2.24) is 4.31 Å². The predicted molar refractivity (Wildman–Crippen MR) is 107 cm³/mol. The molecule has 11 heteroatoms. The standard InChI is InChI=1S/C18H18ClN3O6S/c1-12-10-13(2-5-17(12)22(24)25)18(23)20-16-11-14(3-4-15(16)19)29(26,27)21-6-8-28-9-7-21/h2-5,10-11H,6-9H2,1H3,(H,20,23). The van der Waals surface area contributed by atoms with Gasteiger partial charge in [0.1, 0.15) is 0 Å². The number of ether oxygens (including phenoxy) is 1. The van der Waals surface area contributed by atoms with Crippen LogP contribution in [0.1, 0.15) is 15.9 Å². The number of carbonyl (C=O) groups is 1. The molecule has 1 heterocycles. The maximum Gasteiger partial charge on any atom is 0.272 e.